The summed E-state index contributed by atoms with van der Waals surface area (Å²) in [7, 11) is 0. The lowest BCUT2D eigenvalue weighted by Crippen LogP contribution is -2.23. The number of rotatable bonds is 5. The van der Waals surface area contributed by atoms with E-state index in [0.717, 1.165) is 0 Å². The molecule has 0 saturated heterocycles. The van der Waals surface area contributed by atoms with Crippen LogP contribution in [0, 0.1) is 5.82 Å². The summed E-state index contributed by atoms with van der Waals surface area (Å²) < 4.78 is 18.5. The number of aromatic nitrogens is 2. The highest BCUT2D eigenvalue weighted by Crippen LogP contribution is 2.18. The van der Waals surface area contributed by atoms with Crippen LogP contribution >= 0.6 is 0 Å². The molecule has 1 amide bonds. The molecule has 118 valence electrons. The van der Waals surface area contributed by atoms with Crippen molar-refractivity contribution < 1.29 is 13.7 Å². The number of halogens is 1. The second kappa shape index (κ2) is 6.68. The molecule has 0 unspecified atom stereocenters. The van der Waals surface area contributed by atoms with Gasteiger partial charge in [0.2, 0.25) is 11.8 Å². The van der Waals surface area contributed by atoms with Gasteiger partial charge in [-0.05, 0) is 6.07 Å². The first-order chi connectivity index (χ1) is 10.4. The zero-order chi connectivity index (χ0) is 16.2. The summed E-state index contributed by atoms with van der Waals surface area (Å²) in [6.07, 6.45) is 0.590. The molecule has 0 saturated carbocycles. The average Bonchev–Trinajstić information content (AvgIpc) is 2.93. The maximum atomic E-state index is 13.4. The van der Waals surface area contributed by atoms with Gasteiger partial charge in [-0.15, -0.1) is 0 Å². The smallest absolute Gasteiger partial charge is 0.227 e. The normalized spacial score (nSPS) is 11.5. The number of carbonyl (C=O) groups excluding carboxylic acids is 1. The summed E-state index contributed by atoms with van der Waals surface area (Å²) in [4.78, 5) is 16.0. The molecule has 0 fully saturated rings. The molecule has 1 N–H and O–H groups in total. The molecule has 5 nitrogen and oxygen atoms in total. The van der Waals surface area contributed by atoms with Crippen molar-refractivity contribution in [1.82, 2.24) is 15.5 Å². The first-order valence-electron chi connectivity index (χ1n) is 7.19. The fraction of sp³-hybridized carbons (Fsp3) is 0.438. The minimum absolute atomic E-state index is 0.169. The summed E-state index contributed by atoms with van der Waals surface area (Å²) >= 11 is 0. The number of hydrogen-bond acceptors (Lipinski definition) is 4. The molecule has 0 spiro atoms. The van der Waals surface area contributed by atoms with Gasteiger partial charge in [0.1, 0.15) is 5.82 Å². The molecule has 1 heterocycles. The molecule has 0 bridgehead atoms. The van der Waals surface area contributed by atoms with Gasteiger partial charge in [0.25, 0.3) is 0 Å². The Kier molecular flexibility index (Phi) is 4.90. The molecule has 0 aliphatic carbocycles. The second-order valence-corrected chi connectivity index (χ2v) is 6.13. The predicted octanol–water partition coefficient (Wildman–Crippen LogP) is 2.76. The summed E-state index contributed by atoms with van der Waals surface area (Å²) in [6, 6.07) is 6.36. The summed E-state index contributed by atoms with van der Waals surface area (Å²) in [5, 5.41) is 6.58. The molecular formula is C16H20FN3O2. The van der Waals surface area contributed by atoms with Gasteiger partial charge < -0.3 is 9.84 Å². The third-order valence-electron chi connectivity index (χ3n) is 3.14. The van der Waals surface area contributed by atoms with Gasteiger partial charge in [-0.1, -0.05) is 44.1 Å². The number of nitrogens with zero attached hydrogens (tertiary/aromatic N) is 2. The van der Waals surface area contributed by atoms with E-state index < -0.39 is 0 Å². The fourth-order valence-corrected chi connectivity index (χ4v) is 1.81. The van der Waals surface area contributed by atoms with Crippen molar-refractivity contribution in [2.24, 2.45) is 0 Å². The Morgan fingerprint density at radius 1 is 1.32 bits per heavy atom. The molecule has 2 rings (SSSR count). The number of aryl methyl sites for hydroxylation is 1. The van der Waals surface area contributed by atoms with E-state index in [1.807, 2.05) is 20.8 Å². The molecule has 0 aliphatic heterocycles. The molecule has 1 aromatic heterocycles. The highest BCUT2D eigenvalue weighted by molar-refractivity contribution is 5.76. The van der Waals surface area contributed by atoms with Gasteiger partial charge in [0, 0.05) is 30.4 Å². The Bertz CT molecular complexity index is 647. The summed E-state index contributed by atoms with van der Waals surface area (Å²) in [5.41, 5.74) is 0.276. The van der Waals surface area contributed by atoms with Crippen LogP contribution in [0.15, 0.2) is 28.8 Å². The van der Waals surface area contributed by atoms with Crippen LogP contribution in [0.4, 0.5) is 4.39 Å². The summed E-state index contributed by atoms with van der Waals surface area (Å²) in [5.74, 6) is 0.550. The molecule has 0 radical (unpaired) electrons. The van der Waals surface area contributed by atoms with Crippen molar-refractivity contribution >= 4 is 5.91 Å². The van der Waals surface area contributed by atoms with Crippen LogP contribution in [0.5, 0.6) is 0 Å². The molecule has 6 heteroatoms. The van der Waals surface area contributed by atoms with Crippen molar-refractivity contribution in [1.29, 1.82) is 0 Å². The first-order valence-corrected chi connectivity index (χ1v) is 7.19. The quantitative estimate of drug-likeness (QED) is 0.922. The zero-order valence-electron chi connectivity index (χ0n) is 13.0. The number of nitrogens with one attached hydrogen (secondary N) is 1. The third-order valence-corrected chi connectivity index (χ3v) is 3.14. The van der Waals surface area contributed by atoms with E-state index in [4.69, 9.17) is 4.52 Å². The lowest BCUT2D eigenvalue weighted by atomic mass is 9.96. The van der Waals surface area contributed by atoms with Crippen LogP contribution in [0.25, 0.3) is 0 Å². The Balaban J connectivity index is 1.81. The Labute approximate surface area is 128 Å². The van der Waals surface area contributed by atoms with Crippen LogP contribution in [0.3, 0.4) is 0 Å². The zero-order valence-corrected chi connectivity index (χ0v) is 13.0. The Morgan fingerprint density at radius 2 is 2.05 bits per heavy atom. The lowest BCUT2D eigenvalue weighted by molar-refractivity contribution is -0.121. The molecule has 22 heavy (non-hydrogen) atoms. The monoisotopic (exact) mass is 305 g/mol. The second-order valence-electron chi connectivity index (χ2n) is 6.13. The number of amides is 1. The van der Waals surface area contributed by atoms with E-state index in [2.05, 4.69) is 15.5 Å². The van der Waals surface area contributed by atoms with Gasteiger partial charge >= 0.3 is 0 Å². The Morgan fingerprint density at radius 3 is 2.68 bits per heavy atom. The van der Waals surface area contributed by atoms with Crippen LogP contribution in [-0.2, 0) is 23.2 Å². The van der Waals surface area contributed by atoms with E-state index >= 15 is 0 Å². The SMILES string of the molecule is CC(C)(C)c1noc(CCC(=O)NCc2ccccc2F)n1. The van der Waals surface area contributed by atoms with Gasteiger partial charge in [-0.2, -0.15) is 4.98 Å². The van der Waals surface area contributed by atoms with E-state index in [1.165, 1.54) is 6.07 Å². The first kappa shape index (κ1) is 16.1. The van der Waals surface area contributed by atoms with Crippen molar-refractivity contribution in [2.45, 2.75) is 45.6 Å². The van der Waals surface area contributed by atoms with E-state index in [1.54, 1.807) is 18.2 Å². The number of hydrogen-bond donors (Lipinski definition) is 1. The maximum Gasteiger partial charge on any atom is 0.227 e. The van der Waals surface area contributed by atoms with Crippen LogP contribution in [0.2, 0.25) is 0 Å². The molecule has 0 aliphatic rings. The Hall–Kier alpha value is -2.24. The van der Waals surface area contributed by atoms with Gasteiger partial charge in [0.15, 0.2) is 5.82 Å². The van der Waals surface area contributed by atoms with E-state index in [0.29, 0.717) is 23.7 Å². The maximum absolute atomic E-state index is 13.4. The fourth-order valence-electron chi connectivity index (χ4n) is 1.81. The van der Waals surface area contributed by atoms with Crippen LogP contribution in [0.1, 0.15) is 44.5 Å². The van der Waals surface area contributed by atoms with Crippen molar-refractivity contribution in [3.63, 3.8) is 0 Å². The molecule has 0 atom stereocenters. The number of benzene rings is 1. The average molecular weight is 305 g/mol. The molecule has 1 aromatic carbocycles. The third kappa shape index (κ3) is 4.38. The minimum Gasteiger partial charge on any atom is -0.352 e. The highest BCUT2D eigenvalue weighted by Gasteiger charge is 2.21. The van der Waals surface area contributed by atoms with Gasteiger partial charge in [-0.25, -0.2) is 4.39 Å². The molecule has 2 aromatic rings. The molecular weight excluding hydrogens is 285 g/mol. The van der Waals surface area contributed by atoms with Crippen LogP contribution in [-0.4, -0.2) is 16.0 Å². The van der Waals surface area contributed by atoms with Gasteiger partial charge in [-0.3, -0.25) is 4.79 Å². The topological polar surface area (TPSA) is 68.0 Å². The number of carbonyl (C=O) groups is 1. The largest absolute Gasteiger partial charge is 0.352 e. The van der Waals surface area contributed by atoms with E-state index in [9.17, 15) is 9.18 Å². The van der Waals surface area contributed by atoms with Crippen molar-refractivity contribution in [3.05, 3.63) is 47.4 Å². The van der Waals surface area contributed by atoms with Crippen LogP contribution < -0.4 is 5.32 Å². The predicted molar refractivity (Wildman–Crippen MR) is 79.6 cm³/mol. The van der Waals surface area contributed by atoms with Crippen molar-refractivity contribution in [2.75, 3.05) is 0 Å². The standard InChI is InChI=1S/C16H20FN3O2/c1-16(2,3)15-19-14(22-20-15)9-8-13(21)18-10-11-6-4-5-7-12(11)17/h4-7H,8-10H2,1-3H3,(H,18,21). The lowest BCUT2D eigenvalue weighted by Gasteiger charge is -2.10. The van der Waals surface area contributed by atoms with Crippen molar-refractivity contribution in [3.8, 4) is 0 Å². The summed E-state index contributed by atoms with van der Waals surface area (Å²) in [6.45, 7) is 6.14. The van der Waals surface area contributed by atoms with E-state index in [-0.39, 0.29) is 30.1 Å². The highest BCUT2D eigenvalue weighted by atomic mass is 19.1. The van der Waals surface area contributed by atoms with Gasteiger partial charge in [0.05, 0.1) is 0 Å². The minimum atomic E-state index is -0.325.